The molecule has 0 saturated heterocycles. The van der Waals surface area contributed by atoms with Crippen LogP contribution in [0.25, 0.3) is 0 Å². The summed E-state index contributed by atoms with van der Waals surface area (Å²) in [5, 5.41) is 0. The Bertz CT molecular complexity index is 542. The summed E-state index contributed by atoms with van der Waals surface area (Å²) in [4.78, 5) is 5.37. The average molecular weight is 273 g/mol. The van der Waals surface area contributed by atoms with Crippen molar-refractivity contribution in [2.24, 2.45) is 5.73 Å². The standard InChI is InChI=1S/C15H19N3S/c1-11-5-2-3-7-14(11)19-10-13(16)9-12-6-4-8-18-15(12)17/h2-8,13H,9-10,16H2,1H3,(H2,17,18). The highest BCUT2D eigenvalue weighted by molar-refractivity contribution is 7.99. The molecule has 0 spiro atoms. The van der Waals surface area contributed by atoms with E-state index >= 15 is 0 Å². The maximum absolute atomic E-state index is 6.17. The van der Waals surface area contributed by atoms with Gasteiger partial charge in [0.25, 0.3) is 0 Å². The van der Waals surface area contributed by atoms with Crippen LogP contribution in [-0.2, 0) is 6.42 Å². The van der Waals surface area contributed by atoms with Crippen molar-refractivity contribution in [3.63, 3.8) is 0 Å². The molecule has 2 rings (SSSR count). The van der Waals surface area contributed by atoms with Crippen LogP contribution in [0.4, 0.5) is 5.82 Å². The van der Waals surface area contributed by atoms with Gasteiger partial charge in [-0.15, -0.1) is 11.8 Å². The Hall–Kier alpha value is -1.52. The summed E-state index contributed by atoms with van der Waals surface area (Å²) in [5.41, 5.74) is 14.3. The molecule has 0 aliphatic carbocycles. The van der Waals surface area contributed by atoms with Crippen LogP contribution in [0.15, 0.2) is 47.5 Å². The van der Waals surface area contributed by atoms with E-state index in [9.17, 15) is 0 Å². The van der Waals surface area contributed by atoms with E-state index in [1.807, 2.05) is 12.1 Å². The van der Waals surface area contributed by atoms with Crippen LogP contribution in [0, 0.1) is 6.92 Å². The fourth-order valence-electron chi connectivity index (χ4n) is 1.88. The van der Waals surface area contributed by atoms with Gasteiger partial charge >= 0.3 is 0 Å². The van der Waals surface area contributed by atoms with Crippen LogP contribution in [0.5, 0.6) is 0 Å². The fourth-order valence-corrected chi connectivity index (χ4v) is 2.86. The van der Waals surface area contributed by atoms with Crippen molar-refractivity contribution in [3.8, 4) is 0 Å². The summed E-state index contributed by atoms with van der Waals surface area (Å²) in [5.74, 6) is 1.46. The molecule has 1 atom stereocenters. The molecule has 2 aromatic rings. The van der Waals surface area contributed by atoms with Gasteiger partial charge in [-0.1, -0.05) is 24.3 Å². The molecule has 0 fully saturated rings. The second-order valence-corrected chi connectivity index (χ2v) is 5.65. The van der Waals surface area contributed by atoms with E-state index in [1.165, 1.54) is 10.5 Å². The van der Waals surface area contributed by atoms with Crippen molar-refractivity contribution in [2.75, 3.05) is 11.5 Å². The predicted molar refractivity (Wildman–Crippen MR) is 82.2 cm³/mol. The van der Waals surface area contributed by atoms with Crippen LogP contribution in [-0.4, -0.2) is 16.8 Å². The van der Waals surface area contributed by atoms with Crippen LogP contribution < -0.4 is 11.5 Å². The van der Waals surface area contributed by atoms with Gasteiger partial charge in [0, 0.05) is 22.9 Å². The lowest BCUT2D eigenvalue weighted by molar-refractivity contribution is 0.748. The quantitative estimate of drug-likeness (QED) is 0.822. The van der Waals surface area contributed by atoms with Crippen molar-refractivity contribution >= 4 is 17.6 Å². The number of nitrogens with zero attached hydrogens (tertiary/aromatic N) is 1. The summed E-state index contributed by atoms with van der Waals surface area (Å²) in [6.45, 7) is 2.12. The molecule has 0 saturated carbocycles. The number of rotatable bonds is 5. The third kappa shape index (κ3) is 3.98. The second kappa shape index (κ2) is 6.59. The minimum Gasteiger partial charge on any atom is -0.383 e. The number of hydrogen-bond acceptors (Lipinski definition) is 4. The van der Waals surface area contributed by atoms with E-state index in [1.54, 1.807) is 18.0 Å². The normalized spacial score (nSPS) is 12.3. The highest BCUT2D eigenvalue weighted by atomic mass is 32.2. The van der Waals surface area contributed by atoms with Crippen LogP contribution in [0.3, 0.4) is 0 Å². The van der Waals surface area contributed by atoms with Gasteiger partial charge in [-0.25, -0.2) is 4.98 Å². The van der Waals surface area contributed by atoms with Gasteiger partial charge in [-0.05, 0) is 36.6 Å². The van der Waals surface area contributed by atoms with Gasteiger partial charge in [0.15, 0.2) is 0 Å². The van der Waals surface area contributed by atoms with Crippen LogP contribution in [0.1, 0.15) is 11.1 Å². The Morgan fingerprint density at radius 2 is 2.00 bits per heavy atom. The minimum absolute atomic E-state index is 0.0797. The Kier molecular flexibility index (Phi) is 4.82. The summed E-state index contributed by atoms with van der Waals surface area (Å²) in [7, 11) is 0. The molecule has 100 valence electrons. The van der Waals surface area contributed by atoms with Gasteiger partial charge in [0.2, 0.25) is 0 Å². The zero-order valence-corrected chi connectivity index (χ0v) is 11.9. The number of thioether (sulfide) groups is 1. The fraction of sp³-hybridized carbons (Fsp3) is 0.267. The molecule has 0 radical (unpaired) electrons. The molecule has 19 heavy (non-hydrogen) atoms. The molecule has 1 heterocycles. The van der Waals surface area contributed by atoms with E-state index in [2.05, 4.69) is 36.2 Å². The number of benzene rings is 1. The highest BCUT2D eigenvalue weighted by Gasteiger charge is 2.08. The summed E-state index contributed by atoms with van der Waals surface area (Å²) >= 11 is 1.79. The third-order valence-electron chi connectivity index (χ3n) is 2.95. The van der Waals surface area contributed by atoms with Gasteiger partial charge in [0.1, 0.15) is 5.82 Å². The van der Waals surface area contributed by atoms with E-state index in [-0.39, 0.29) is 6.04 Å². The first-order chi connectivity index (χ1) is 9.16. The Balaban J connectivity index is 1.90. The van der Waals surface area contributed by atoms with Gasteiger partial charge in [0.05, 0.1) is 0 Å². The number of aryl methyl sites for hydroxylation is 1. The van der Waals surface area contributed by atoms with E-state index < -0.39 is 0 Å². The van der Waals surface area contributed by atoms with Crippen LogP contribution in [0.2, 0.25) is 0 Å². The first kappa shape index (κ1) is 13.9. The van der Waals surface area contributed by atoms with Crippen LogP contribution >= 0.6 is 11.8 Å². The lowest BCUT2D eigenvalue weighted by Crippen LogP contribution is -2.26. The van der Waals surface area contributed by atoms with Crippen molar-refractivity contribution in [2.45, 2.75) is 24.3 Å². The molecule has 1 unspecified atom stereocenters. The number of pyridine rings is 1. The molecule has 1 aromatic heterocycles. The van der Waals surface area contributed by atoms with Crippen molar-refractivity contribution in [1.29, 1.82) is 0 Å². The third-order valence-corrected chi connectivity index (χ3v) is 4.32. The minimum atomic E-state index is 0.0797. The summed E-state index contributed by atoms with van der Waals surface area (Å²) in [6.07, 6.45) is 2.46. The van der Waals surface area contributed by atoms with Gasteiger partial charge < -0.3 is 11.5 Å². The molecule has 4 heteroatoms. The van der Waals surface area contributed by atoms with Crippen molar-refractivity contribution < 1.29 is 0 Å². The largest absolute Gasteiger partial charge is 0.383 e. The molecule has 4 N–H and O–H groups in total. The van der Waals surface area contributed by atoms with E-state index in [4.69, 9.17) is 11.5 Å². The number of hydrogen-bond donors (Lipinski definition) is 2. The Morgan fingerprint density at radius 1 is 1.21 bits per heavy atom. The molecule has 0 amide bonds. The van der Waals surface area contributed by atoms with Crippen molar-refractivity contribution in [3.05, 3.63) is 53.7 Å². The summed E-state index contributed by atoms with van der Waals surface area (Å²) < 4.78 is 0. The van der Waals surface area contributed by atoms with Crippen molar-refractivity contribution in [1.82, 2.24) is 4.98 Å². The summed E-state index contributed by atoms with van der Waals surface area (Å²) in [6, 6.07) is 12.3. The van der Waals surface area contributed by atoms with E-state index in [0.717, 1.165) is 17.7 Å². The number of nitrogens with two attached hydrogens (primary N) is 2. The van der Waals surface area contributed by atoms with Gasteiger partial charge in [-0.2, -0.15) is 0 Å². The topological polar surface area (TPSA) is 64.9 Å². The van der Waals surface area contributed by atoms with E-state index in [0.29, 0.717) is 5.82 Å². The highest BCUT2D eigenvalue weighted by Crippen LogP contribution is 2.23. The maximum Gasteiger partial charge on any atom is 0.126 e. The second-order valence-electron chi connectivity index (χ2n) is 4.59. The number of anilines is 1. The lowest BCUT2D eigenvalue weighted by atomic mass is 10.1. The number of aromatic nitrogens is 1. The molecule has 0 bridgehead atoms. The van der Waals surface area contributed by atoms with Gasteiger partial charge in [-0.3, -0.25) is 0 Å². The maximum atomic E-state index is 6.17. The lowest BCUT2D eigenvalue weighted by Gasteiger charge is -2.13. The monoisotopic (exact) mass is 273 g/mol. The smallest absolute Gasteiger partial charge is 0.126 e. The Morgan fingerprint density at radius 3 is 2.74 bits per heavy atom. The molecule has 3 nitrogen and oxygen atoms in total. The first-order valence-electron chi connectivity index (χ1n) is 6.30. The zero-order chi connectivity index (χ0) is 13.7. The number of nitrogen functional groups attached to an aromatic ring is 1. The molecule has 0 aliphatic rings. The SMILES string of the molecule is Cc1ccccc1SCC(N)Cc1cccnc1N. The average Bonchev–Trinajstić information content (AvgIpc) is 2.40. The molecule has 1 aromatic carbocycles. The Labute approximate surface area is 118 Å². The zero-order valence-electron chi connectivity index (χ0n) is 11.0. The first-order valence-corrected chi connectivity index (χ1v) is 7.28. The predicted octanol–water partition coefficient (Wildman–Crippen LogP) is 2.63. The molecular weight excluding hydrogens is 254 g/mol. The molecular formula is C15H19N3S. The molecule has 0 aliphatic heterocycles.